The van der Waals surface area contributed by atoms with E-state index in [1.54, 1.807) is 12.1 Å². The summed E-state index contributed by atoms with van der Waals surface area (Å²) in [5.74, 6) is 1.09. The van der Waals surface area contributed by atoms with Crippen molar-refractivity contribution in [3.8, 4) is 5.75 Å². The molecule has 1 rings (SSSR count). The number of phenols is 1. The fourth-order valence-electron chi connectivity index (χ4n) is 1.78. The molecule has 2 nitrogen and oxygen atoms in total. The molecule has 0 fully saturated rings. The van der Waals surface area contributed by atoms with Crippen LogP contribution in [0.4, 0.5) is 0 Å². The highest BCUT2D eigenvalue weighted by molar-refractivity contribution is 5.25. The van der Waals surface area contributed by atoms with Crippen molar-refractivity contribution >= 4 is 0 Å². The quantitative estimate of drug-likeness (QED) is 0.813. The zero-order chi connectivity index (χ0) is 12.8. The molecule has 0 aliphatic carbocycles. The molecule has 0 spiro atoms. The summed E-state index contributed by atoms with van der Waals surface area (Å²) in [4.78, 5) is 2.48. The number of nitrogens with zero attached hydrogens (tertiary/aromatic N) is 1. The highest BCUT2D eigenvalue weighted by atomic mass is 16.3. The van der Waals surface area contributed by atoms with Crippen LogP contribution in [0.2, 0.25) is 0 Å². The molecule has 1 aromatic carbocycles. The van der Waals surface area contributed by atoms with Gasteiger partial charge in [-0.1, -0.05) is 26.0 Å². The van der Waals surface area contributed by atoms with Gasteiger partial charge in [-0.05, 0) is 50.4 Å². The van der Waals surface area contributed by atoms with Gasteiger partial charge in [0.25, 0.3) is 0 Å². The van der Waals surface area contributed by atoms with E-state index in [0.29, 0.717) is 11.8 Å². The minimum absolute atomic E-state index is 0.340. The molecular formula is C15H25NO. The lowest BCUT2D eigenvalue weighted by molar-refractivity contribution is 0.201. The van der Waals surface area contributed by atoms with E-state index in [1.807, 2.05) is 12.1 Å². The molecule has 1 N–H and O–H groups in total. The summed E-state index contributed by atoms with van der Waals surface area (Å²) in [5.41, 5.74) is 1.26. The molecule has 0 heterocycles. The van der Waals surface area contributed by atoms with Crippen LogP contribution in [0.1, 0.15) is 39.7 Å². The van der Waals surface area contributed by atoms with Gasteiger partial charge in [-0.15, -0.1) is 0 Å². The van der Waals surface area contributed by atoms with Gasteiger partial charge in [-0.3, -0.25) is 4.90 Å². The zero-order valence-electron chi connectivity index (χ0n) is 11.5. The third-order valence-electron chi connectivity index (χ3n) is 3.05. The fourth-order valence-corrected chi connectivity index (χ4v) is 1.78. The molecule has 2 heteroatoms. The fraction of sp³-hybridized carbons (Fsp3) is 0.600. The Morgan fingerprint density at radius 1 is 1.06 bits per heavy atom. The summed E-state index contributed by atoms with van der Waals surface area (Å²) >= 11 is 0. The first-order valence-corrected chi connectivity index (χ1v) is 6.51. The van der Waals surface area contributed by atoms with Gasteiger partial charge >= 0.3 is 0 Å². The van der Waals surface area contributed by atoms with Crippen molar-refractivity contribution in [1.29, 1.82) is 0 Å². The van der Waals surface area contributed by atoms with Crippen molar-refractivity contribution in [2.75, 3.05) is 6.54 Å². The second-order valence-corrected chi connectivity index (χ2v) is 5.41. The minimum atomic E-state index is 0.340. The Kier molecular flexibility index (Phi) is 5.49. The van der Waals surface area contributed by atoms with Crippen LogP contribution < -0.4 is 0 Å². The van der Waals surface area contributed by atoms with E-state index in [-0.39, 0.29) is 0 Å². The smallest absolute Gasteiger partial charge is 0.115 e. The van der Waals surface area contributed by atoms with Crippen LogP contribution in [0, 0.1) is 5.92 Å². The first-order chi connectivity index (χ1) is 7.99. The Morgan fingerprint density at radius 2 is 1.65 bits per heavy atom. The molecule has 0 aliphatic rings. The van der Waals surface area contributed by atoms with E-state index in [1.165, 1.54) is 12.0 Å². The lowest BCUT2D eigenvalue weighted by Gasteiger charge is -2.27. The Labute approximate surface area is 105 Å². The Hall–Kier alpha value is -1.02. The Balaban J connectivity index is 2.57. The zero-order valence-corrected chi connectivity index (χ0v) is 11.5. The number of rotatable bonds is 6. The minimum Gasteiger partial charge on any atom is -0.508 e. The first-order valence-electron chi connectivity index (χ1n) is 6.51. The van der Waals surface area contributed by atoms with E-state index in [9.17, 15) is 5.11 Å². The predicted molar refractivity (Wildman–Crippen MR) is 73.1 cm³/mol. The van der Waals surface area contributed by atoms with Crippen LogP contribution in [-0.4, -0.2) is 22.6 Å². The third kappa shape index (κ3) is 5.22. The first kappa shape index (κ1) is 14.0. The molecule has 0 amide bonds. The van der Waals surface area contributed by atoms with Crippen molar-refractivity contribution < 1.29 is 5.11 Å². The van der Waals surface area contributed by atoms with Crippen molar-refractivity contribution in [3.63, 3.8) is 0 Å². The van der Waals surface area contributed by atoms with Gasteiger partial charge in [0.15, 0.2) is 0 Å². The van der Waals surface area contributed by atoms with Gasteiger partial charge in [0.05, 0.1) is 0 Å². The molecule has 0 unspecified atom stereocenters. The van der Waals surface area contributed by atoms with Crippen molar-refractivity contribution in [2.45, 2.75) is 46.7 Å². The molecule has 0 aromatic heterocycles. The third-order valence-corrected chi connectivity index (χ3v) is 3.05. The van der Waals surface area contributed by atoms with Crippen LogP contribution in [0.5, 0.6) is 5.75 Å². The van der Waals surface area contributed by atoms with E-state index in [2.05, 4.69) is 32.6 Å². The average molecular weight is 235 g/mol. The second-order valence-electron chi connectivity index (χ2n) is 5.41. The van der Waals surface area contributed by atoms with E-state index in [4.69, 9.17) is 0 Å². The van der Waals surface area contributed by atoms with Gasteiger partial charge < -0.3 is 5.11 Å². The van der Waals surface area contributed by atoms with E-state index in [0.717, 1.165) is 19.0 Å². The topological polar surface area (TPSA) is 23.5 Å². The maximum Gasteiger partial charge on any atom is 0.115 e. The van der Waals surface area contributed by atoms with E-state index >= 15 is 0 Å². The lowest BCUT2D eigenvalue weighted by Crippen LogP contribution is -2.31. The molecule has 0 radical (unpaired) electrons. The number of phenolic OH excluding ortho intramolecular Hbond substituents is 1. The van der Waals surface area contributed by atoms with Crippen LogP contribution in [-0.2, 0) is 6.54 Å². The Bertz CT molecular complexity index is 316. The maximum absolute atomic E-state index is 9.26. The SMILES string of the molecule is CC(C)CCN(Cc1ccc(O)cc1)C(C)C. The van der Waals surface area contributed by atoms with Crippen molar-refractivity contribution in [2.24, 2.45) is 5.92 Å². The molecule has 96 valence electrons. The van der Waals surface area contributed by atoms with Gasteiger partial charge in [-0.2, -0.15) is 0 Å². The van der Waals surface area contributed by atoms with Crippen LogP contribution >= 0.6 is 0 Å². The summed E-state index contributed by atoms with van der Waals surface area (Å²) < 4.78 is 0. The average Bonchev–Trinajstić information content (AvgIpc) is 2.26. The molecule has 0 saturated carbocycles. The molecule has 1 aromatic rings. The summed E-state index contributed by atoms with van der Waals surface area (Å²) in [6.45, 7) is 11.1. The van der Waals surface area contributed by atoms with Gasteiger partial charge in [0, 0.05) is 12.6 Å². The van der Waals surface area contributed by atoms with Gasteiger partial charge in [0.1, 0.15) is 5.75 Å². The second kappa shape index (κ2) is 6.65. The van der Waals surface area contributed by atoms with Crippen LogP contribution in [0.15, 0.2) is 24.3 Å². The monoisotopic (exact) mass is 235 g/mol. The number of aromatic hydroxyl groups is 1. The van der Waals surface area contributed by atoms with Crippen molar-refractivity contribution in [1.82, 2.24) is 4.90 Å². The molecule has 0 atom stereocenters. The van der Waals surface area contributed by atoms with E-state index < -0.39 is 0 Å². The maximum atomic E-state index is 9.26. The molecular weight excluding hydrogens is 210 g/mol. The van der Waals surface area contributed by atoms with Crippen LogP contribution in [0.3, 0.4) is 0 Å². The molecule has 0 bridgehead atoms. The standard InChI is InChI=1S/C15H25NO/c1-12(2)9-10-16(13(3)4)11-14-5-7-15(17)8-6-14/h5-8,12-13,17H,9-11H2,1-4H3. The summed E-state index contributed by atoms with van der Waals surface area (Å²) in [7, 11) is 0. The normalized spacial score (nSPS) is 11.7. The molecule has 17 heavy (non-hydrogen) atoms. The number of hydrogen-bond donors (Lipinski definition) is 1. The predicted octanol–water partition coefficient (Wildman–Crippen LogP) is 3.65. The Morgan fingerprint density at radius 3 is 2.12 bits per heavy atom. The highest BCUT2D eigenvalue weighted by Gasteiger charge is 2.10. The van der Waals surface area contributed by atoms with Gasteiger partial charge in [-0.25, -0.2) is 0 Å². The lowest BCUT2D eigenvalue weighted by atomic mass is 10.1. The largest absolute Gasteiger partial charge is 0.508 e. The van der Waals surface area contributed by atoms with Crippen LogP contribution in [0.25, 0.3) is 0 Å². The molecule has 0 aliphatic heterocycles. The van der Waals surface area contributed by atoms with Crippen molar-refractivity contribution in [3.05, 3.63) is 29.8 Å². The number of hydrogen-bond acceptors (Lipinski definition) is 2. The summed E-state index contributed by atoms with van der Waals surface area (Å²) in [6.07, 6.45) is 1.23. The summed E-state index contributed by atoms with van der Waals surface area (Å²) in [6, 6.07) is 8.08. The number of benzene rings is 1. The summed E-state index contributed by atoms with van der Waals surface area (Å²) in [5, 5.41) is 9.26. The van der Waals surface area contributed by atoms with Gasteiger partial charge in [0.2, 0.25) is 0 Å². The molecule has 0 saturated heterocycles. The highest BCUT2D eigenvalue weighted by Crippen LogP contribution is 2.14.